The number of carbonyl (C=O) groups excluding carboxylic acids is 3. The Morgan fingerprint density at radius 3 is 2.82 bits per heavy atom. The van der Waals surface area contributed by atoms with Crippen molar-refractivity contribution in [2.45, 2.75) is 6.92 Å². The Balaban J connectivity index is 2.26. The number of hydrogen-bond acceptors (Lipinski definition) is 3. The van der Waals surface area contributed by atoms with Crippen molar-refractivity contribution < 1.29 is 14.4 Å². The van der Waals surface area contributed by atoms with Crippen LogP contribution in [0.3, 0.4) is 0 Å². The Morgan fingerprint density at radius 1 is 1.47 bits per heavy atom. The Morgan fingerprint density at radius 2 is 2.24 bits per heavy atom. The van der Waals surface area contributed by atoms with Gasteiger partial charge in [-0.1, -0.05) is 18.2 Å². The summed E-state index contributed by atoms with van der Waals surface area (Å²) in [5.41, 5.74) is 0. The molecule has 1 aliphatic heterocycles. The van der Waals surface area contributed by atoms with Crippen LogP contribution < -0.4 is 10.6 Å². The molecule has 1 saturated heterocycles. The summed E-state index contributed by atoms with van der Waals surface area (Å²) in [5.74, 6) is -0.524. The molecule has 0 atom stereocenters. The maximum atomic E-state index is 11.2. The molecule has 0 aromatic carbocycles. The van der Waals surface area contributed by atoms with Crippen molar-refractivity contribution >= 4 is 17.8 Å². The minimum atomic E-state index is -0.409. The van der Waals surface area contributed by atoms with Gasteiger partial charge in [-0.3, -0.25) is 14.5 Å². The fraction of sp³-hybridized carbons (Fsp3) is 0.364. The normalized spacial score (nSPS) is 15.9. The zero-order valence-corrected chi connectivity index (χ0v) is 9.60. The monoisotopic (exact) mass is 237 g/mol. The molecule has 1 heterocycles. The van der Waals surface area contributed by atoms with E-state index in [2.05, 4.69) is 10.6 Å². The van der Waals surface area contributed by atoms with E-state index >= 15 is 0 Å². The Kier molecular flexibility index (Phi) is 4.93. The minimum absolute atomic E-state index is 0.0357. The van der Waals surface area contributed by atoms with Crippen molar-refractivity contribution in [3.05, 3.63) is 24.3 Å². The molecule has 0 spiro atoms. The second kappa shape index (κ2) is 6.47. The van der Waals surface area contributed by atoms with Crippen molar-refractivity contribution in [2.24, 2.45) is 0 Å². The number of nitrogens with zero attached hydrogens (tertiary/aromatic N) is 1. The van der Waals surface area contributed by atoms with E-state index in [1.54, 1.807) is 18.2 Å². The van der Waals surface area contributed by atoms with Crippen LogP contribution in [0.1, 0.15) is 6.92 Å². The minimum Gasteiger partial charge on any atom is -0.351 e. The van der Waals surface area contributed by atoms with Crippen molar-refractivity contribution in [3.63, 3.8) is 0 Å². The largest absolute Gasteiger partial charge is 0.351 e. The Hall–Kier alpha value is -2.11. The molecule has 1 fully saturated rings. The molecular formula is C11H15N3O3. The third-order valence-corrected chi connectivity index (χ3v) is 2.12. The standard InChI is InChI=1S/C11H15N3O3/c1-2-3-4-5-9(15)12-6-7-14-10(16)8-13-11(14)17/h2-5H,6-8H2,1H3,(H,12,15)(H,13,17). The van der Waals surface area contributed by atoms with Crippen LogP contribution in [0.25, 0.3) is 0 Å². The van der Waals surface area contributed by atoms with Crippen molar-refractivity contribution in [2.75, 3.05) is 19.6 Å². The summed E-state index contributed by atoms with van der Waals surface area (Å²) in [6.07, 6.45) is 6.53. The maximum absolute atomic E-state index is 11.2. The molecule has 92 valence electrons. The lowest BCUT2D eigenvalue weighted by Gasteiger charge is -2.11. The third-order valence-electron chi connectivity index (χ3n) is 2.12. The van der Waals surface area contributed by atoms with E-state index < -0.39 is 6.03 Å². The van der Waals surface area contributed by atoms with Crippen molar-refractivity contribution in [3.8, 4) is 0 Å². The average Bonchev–Trinajstić information content (AvgIpc) is 2.61. The second-order valence-electron chi connectivity index (χ2n) is 3.38. The lowest BCUT2D eigenvalue weighted by atomic mass is 10.4. The SMILES string of the molecule is CC=CC=CC(=O)NCCN1C(=O)CNC1=O. The number of imide groups is 1. The number of rotatable bonds is 5. The first-order valence-electron chi connectivity index (χ1n) is 5.30. The number of hydrogen-bond donors (Lipinski definition) is 2. The first-order valence-corrected chi connectivity index (χ1v) is 5.30. The van der Waals surface area contributed by atoms with Gasteiger partial charge in [0, 0.05) is 19.2 Å². The summed E-state index contributed by atoms with van der Waals surface area (Å²) in [7, 11) is 0. The van der Waals surface area contributed by atoms with Gasteiger partial charge in [-0.15, -0.1) is 0 Å². The molecule has 0 aromatic rings. The molecule has 0 radical (unpaired) electrons. The number of carbonyl (C=O) groups is 3. The molecule has 1 rings (SSSR count). The molecule has 6 nitrogen and oxygen atoms in total. The van der Waals surface area contributed by atoms with Gasteiger partial charge in [-0.2, -0.15) is 0 Å². The van der Waals surface area contributed by atoms with Crippen LogP contribution in [0.2, 0.25) is 0 Å². The zero-order valence-electron chi connectivity index (χ0n) is 9.60. The van der Waals surface area contributed by atoms with Crippen LogP contribution in [0, 0.1) is 0 Å². The summed E-state index contributed by atoms with van der Waals surface area (Å²) in [6, 6.07) is -0.409. The van der Waals surface area contributed by atoms with Gasteiger partial charge in [-0.05, 0) is 6.92 Å². The molecule has 6 heteroatoms. The van der Waals surface area contributed by atoms with Gasteiger partial charge in [0.05, 0.1) is 6.54 Å². The van der Waals surface area contributed by atoms with Crippen LogP contribution >= 0.6 is 0 Å². The lowest BCUT2D eigenvalue weighted by Crippen LogP contribution is -2.38. The number of urea groups is 1. The van der Waals surface area contributed by atoms with Crippen LogP contribution in [-0.4, -0.2) is 42.4 Å². The highest BCUT2D eigenvalue weighted by molar-refractivity contribution is 6.02. The van der Waals surface area contributed by atoms with Gasteiger partial charge >= 0.3 is 6.03 Å². The molecule has 0 aliphatic carbocycles. The summed E-state index contributed by atoms with van der Waals surface area (Å²) in [6.45, 7) is 2.32. The Bertz CT molecular complexity index is 358. The van der Waals surface area contributed by atoms with E-state index in [9.17, 15) is 14.4 Å². The van der Waals surface area contributed by atoms with E-state index in [1.807, 2.05) is 6.92 Å². The zero-order chi connectivity index (χ0) is 12.7. The highest BCUT2D eigenvalue weighted by Gasteiger charge is 2.27. The average molecular weight is 237 g/mol. The first-order chi connectivity index (χ1) is 8.15. The van der Waals surface area contributed by atoms with E-state index in [1.165, 1.54) is 6.08 Å². The van der Waals surface area contributed by atoms with Crippen LogP contribution in [0.5, 0.6) is 0 Å². The van der Waals surface area contributed by atoms with Crippen LogP contribution in [0.15, 0.2) is 24.3 Å². The van der Waals surface area contributed by atoms with Crippen molar-refractivity contribution in [1.29, 1.82) is 0 Å². The van der Waals surface area contributed by atoms with E-state index in [0.29, 0.717) is 0 Å². The van der Waals surface area contributed by atoms with Gasteiger partial charge < -0.3 is 10.6 Å². The maximum Gasteiger partial charge on any atom is 0.324 e. The summed E-state index contributed by atoms with van der Waals surface area (Å²) >= 11 is 0. The molecule has 2 N–H and O–H groups in total. The first kappa shape index (κ1) is 13.0. The number of amides is 4. The van der Waals surface area contributed by atoms with Crippen molar-refractivity contribution in [1.82, 2.24) is 15.5 Å². The highest BCUT2D eigenvalue weighted by atomic mass is 16.2. The molecule has 0 bridgehead atoms. The summed E-state index contributed by atoms with van der Waals surface area (Å²) in [5, 5.41) is 4.98. The number of allylic oxidation sites excluding steroid dienone is 3. The van der Waals surface area contributed by atoms with E-state index in [4.69, 9.17) is 0 Å². The van der Waals surface area contributed by atoms with Gasteiger partial charge in [-0.25, -0.2) is 4.79 Å². The molecule has 0 unspecified atom stereocenters. The molecule has 17 heavy (non-hydrogen) atoms. The topological polar surface area (TPSA) is 78.5 Å². The number of nitrogens with one attached hydrogen (secondary N) is 2. The summed E-state index contributed by atoms with van der Waals surface area (Å²) in [4.78, 5) is 34.6. The second-order valence-corrected chi connectivity index (χ2v) is 3.38. The van der Waals surface area contributed by atoms with Gasteiger partial charge in [0.15, 0.2) is 0 Å². The Labute approximate surface area is 99.3 Å². The fourth-order valence-corrected chi connectivity index (χ4v) is 1.29. The molecular weight excluding hydrogens is 222 g/mol. The molecule has 4 amide bonds. The van der Waals surface area contributed by atoms with Gasteiger partial charge in [0.1, 0.15) is 0 Å². The van der Waals surface area contributed by atoms with E-state index in [-0.39, 0.29) is 31.4 Å². The van der Waals surface area contributed by atoms with Crippen LogP contribution in [-0.2, 0) is 9.59 Å². The van der Waals surface area contributed by atoms with E-state index in [0.717, 1.165) is 4.90 Å². The molecule has 0 aromatic heterocycles. The highest BCUT2D eigenvalue weighted by Crippen LogP contribution is 1.96. The lowest BCUT2D eigenvalue weighted by molar-refractivity contribution is -0.125. The molecule has 1 aliphatic rings. The van der Waals surface area contributed by atoms with Gasteiger partial charge in [0.25, 0.3) is 0 Å². The fourth-order valence-electron chi connectivity index (χ4n) is 1.29. The smallest absolute Gasteiger partial charge is 0.324 e. The predicted molar refractivity (Wildman–Crippen MR) is 62.1 cm³/mol. The predicted octanol–water partition coefficient (Wildman–Crippen LogP) is -0.213. The quantitative estimate of drug-likeness (QED) is 0.394. The third kappa shape index (κ3) is 4.10. The molecule has 0 saturated carbocycles. The van der Waals surface area contributed by atoms with Gasteiger partial charge in [0.2, 0.25) is 11.8 Å². The summed E-state index contributed by atoms with van der Waals surface area (Å²) < 4.78 is 0. The van der Waals surface area contributed by atoms with Crippen LogP contribution in [0.4, 0.5) is 4.79 Å².